The molecule has 1 aliphatic rings. The zero-order chi connectivity index (χ0) is 15.0. The molecule has 1 N–H and O–H groups in total. The van der Waals surface area contributed by atoms with Gasteiger partial charge >= 0.3 is 0 Å². The van der Waals surface area contributed by atoms with Crippen molar-refractivity contribution in [3.63, 3.8) is 0 Å². The Morgan fingerprint density at radius 3 is 2.86 bits per heavy atom. The lowest BCUT2D eigenvalue weighted by Crippen LogP contribution is -2.20. The summed E-state index contributed by atoms with van der Waals surface area (Å²) >= 11 is 5.91. The fourth-order valence-corrected chi connectivity index (χ4v) is 2.91. The lowest BCUT2D eigenvalue weighted by molar-refractivity contribution is 0.322. The zero-order valence-electron chi connectivity index (χ0n) is 11.0. The topological polar surface area (TPSA) is 31.9 Å². The van der Waals surface area contributed by atoms with Crippen molar-refractivity contribution in [1.29, 1.82) is 0 Å². The number of H-pyrrole nitrogens is 1. The maximum absolute atomic E-state index is 13.8. The van der Waals surface area contributed by atoms with Gasteiger partial charge in [0.1, 0.15) is 5.82 Å². The number of hydrogen-bond donors (Lipinski definition) is 1. The SMILES string of the molecule is Fc1cc(F)c(F)c(C2CCN(Cc3[nH]cnc3Cl)C2)c1. The number of hydrogen-bond acceptors (Lipinski definition) is 2. The highest BCUT2D eigenvalue weighted by Crippen LogP contribution is 2.31. The number of imidazole rings is 1. The van der Waals surface area contributed by atoms with Gasteiger partial charge in [-0.3, -0.25) is 4.90 Å². The fraction of sp³-hybridized carbons (Fsp3) is 0.357. The van der Waals surface area contributed by atoms with Gasteiger partial charge in [0.25, 0.3) is 0 Å². The van der Waals surface area contributed by atoms with Crippen LogP contribution in [0.3, 0.4) is 0 Å². The van der Waals surface area contributed by atoms with E-state index in [1.165, 1.54) is 6.33 Å². The lowest BCUT2D eigenvalue weighted by Gasteiger charge is -2.16. The van der Waals surface area contributed by atoms with Crippen molar-refractivity contribution < 1.29 is 13.2 Å². The van der Waals surface area contributed by atoms with Crippen molar-refractivity contribution in [1.82, 2.24) is 14.9 Å². The van der Waals surface area contributed by atoms with Crippen LogP contribution in [0, 0.1) is 17.5 Å². The second-order valence-electron chi connectivity index (χ2n) is 5.18. The van der Waals surface area contributed by atoms with Crippen LogP contribution < -0.4 is 0 Å². The second kappa shape index (κ2) is 5.69. The van der Waals surface area contributed by atoms with Crippen LogP contribution in [0.5, 0.6) is 0 Å². The Hall–Kier alpha value is -1.53. The molecule has 112 valence electrons. The molecular weight excluding hydrogens is 303 g/mol. The third-order valence-corrected chi connectivity index (χ3v) is 4.11. The minimum Gasteiger partial charge on any atom is -0.346 e. The summed E-state index contributed by atoms with van der Waals surface area (Å²) in [6, 6.07) is 1.64. The molecule has 1 aliphatic heterocycles. The minimum absolute atomic E-state index is 0.103. The van der Waals surface area contributed by atoms with Crippen molar-refractivity contribution in [2.75, 3.05) is 13.1 Å². The second-order valence-corrected chi connectivity index (χ2v) is 5.54. The molecule has 3 nitrogen and oxygen atoms in total. The summed E-state index contributed by atoms with van der Waals surface area (Å²) in [6.07, 6.45) is 2.15. The molecular formula is C14H13ClF3N3. The van der Waals surface area contributed by atoms with E-state index in [1.54, 1.807) is 0 Å². The summed E-state index contributed by atoms with van der Waals surface area (Å²) in [5.41, 5.74) is 0.883. The number of benzene rings is 1. The molecule has 3 rings (SSSR count). The monoisotopic (exact) mass is 315 g/mol. The normalized spacial score (nSPS) is 19.3. The smallest absolute Gasteiger partial charge is 0.162 e. The van der Waals surface area contributed by atoms with E-state index in [4.69, 9.17) is 11.6 Å². The van der Waals surface area contributed by atoms with Gasteiger partial charge in [-0.15, -0.1) is 0 Å². The van der Waals surface area contributed by atoms with Gasteiger partial charge in [-0.25, -0.2) is 18.2 Å². The van der Waals surface area contributed by atoms with E-state index in [9.17, 15) is 13.2 Å². The number of aromatic amines is 1. The molecule has 0 bridgehead atoms. The summed E-state index contributed by atoms with van der Waals surface area (Å²) in [7, 11) is 0. The minimum atomic E-state index is -1.14. The Bertz CT molecular complexity index is 659. The van der Waals surface area contributed by atoms with Gasteiger partial charge in [0.15, 0.2) is 16.8 Å². The molecule has 1 saturated heterocycles. The Kier molecular flexibility index (Phi) is 3.91. The number of likely N-dealkylation sites (tertiary alicyclic amines) is 1. The van der Waals surface area contributed by atoms with Crippen molar-refractivity contribution in [3.8, 4) is 0 Å². The molecule has 1 unspecified atom stereocenters. The average Bonchev–Trinajstić information content (AvgIpc) is 3.05. The summed E-state index contributed by atoms with van der Waals surface area (Å²) in [5.74, 6) is -3.07. The molecule has 0 spiro atoms. The third-order valence-electron chi connectivity index (χ3n) is 3.78. The highest BCUT2D eigenvalue weighted by atomic mass is 35.5. The summed E-state index contributed by atoms with van der Waals surface area (Å²) in [6.45, 7) is 1.78. The van der Waals surface area contributed by atoms with Crippen molar-refractivity contribution in [2.45, 2.75) is 18.9 Å². The summed E-state index contributed by atoms with van der Waals surface area (Å²) in [4.78, 5) is 8.88. The van der Waals surface area contributed by atoms with Crippen LogP contribution in [0.15, 0.2) is 18.5 Å². The molecule has 2 heterocycles. The molecule has 21 heavy (non-hydrogen) atoms. The highest BCUT2D eigenvalue weighted by Gasteiger charge is 2.28. The molecule has 0 saturated carbocycles. The average molecular weight is 316 g/mol. The van der Waals surface area contributed by atoms with Crippen LogP contribution >= 0.6 is 11.6 Å². The number of halogens is 4. The number of rotatable bonds is 3. The first-order chi connectivity index (χ1) is 10.0. The van der Waals surface area contributed by atoms with E-state index in [-0.39, 0.29) is 11.5 Å². The van der Waals surface area contributed by atoms with Gasteiger partial charge in [-0.2, -0.15) is 0 Å². The highest BCUT2D eigenvalue weighted by molar-refractivity contribution is 6.30. The van der Waals surface area contributed by atoms with E-state index >= 15 is 0 Å². The Morgan fingerprint density at radius 1 is 1.33 bits per heavy atom. The van der Waals surface area contributed by atoms with Crippen molar-refractivity contribution in [2.24, 2.45) is 0 Å². The van der Waals surface area contributed by atoms with Crippen LogP contribution in [-0.2, 0) is 6.54 Å². The largest absolute Gasteiger partial charge is 0.346 e. The first-order valence-electron chi connectivity index (χ1n) is 6.59. The van der Waals surface area contributed by atoms with E-state index in [0.29, 0.717) is 37.3 Å². The fourth-order valence-electron chi connectivity index (χ4n) is 2.74. The molecule has 1 atom stereocenters. The molecule has 1 aromatic carbocycles. The van der Waals surface area contributed by atoms with Gasteiger partial charge < -0.3 is 4.98 Å². The van der Waals surface area contributed by atoms with Gasteiger partial charge in [0, 0.05) is 25.1 Å². The lowest BCUT2D eigenvalue weighted by atomic mass is 9.97. The van der Waals surface area contributed by atoms with Crippen LogP contribution in [0.25, 0.3) is 0 Å². The molecule has 1 aromatic heterocycles. The predicted molar refractivity (Wildman–Crippen MR) is 72.5 cm³/mol. The van der Waals surface area contributed by atoms with Gasteiger partial charge in [-0.05, 0) is 24.6 Å². The van der Waals surface area contributed by atoms with Gasteiger partial charge in [0.2, 0.25) is 0 Å². The molecule has 2 aromatic rings. The predicted octanol–water partition coefficient (Wildman–Crippen LogP) is 3.47. The molecule has 7 heteroatoms. The third kappa shape index (κ3) is 2.91. The number of aromatic nitrogens is 2. The number of nitrogens with zero attached hydrogens (tertiary/aromatic N) is 2. The summed E-state index contributed by atoms with van der Waals surface area (Å²) in [5, 5.41) is 0.404. The molecule has 1 fully saturated rings. The van der Waals surface area contributed by atoms with Crippen molar-refractivity contribution in [3.05, 3.63) is 52.3 Å². The van der Waals surface area contributed by atoms with Crippen LogP contribution in [0.1, 0.15) is 23.6 Å². The van der Waals surface area contributed by atoms with Gasteiger partial charge in [-0.1, -0.05) is 11.6 Å². The van der Waals surface area contributed by atoms with E-state index in [1.807, 2.05) is 4.90 Å². The molecule has 0 radical (unpaired) electrons. The molecule has 0 aliphatic carbocycles. The van der Waals surface area contributed by atoms with E-state index < -0.39 is 17.5 Å². The molecule has 0 amide bonds. The van der Waals surface area contributed by atoms with Crippen LogP contribution in [0.4, 0.5) is 13.2 Å². The standard InChI is InChI=1S/C14H13ClF3N3/c15-14-12(19-7-20-14)6-21-2-1-8(5-21)10-3-9(16)4-11(17)13(10)18/h3-4,7-8H,1-2,5-6H2,(H,19,20). The summed E-state index contributed by atoms with van der Waals surface area (Å²) < 4.78 is 40.4. The quantitative estimate of drug-likeness (QED) is 0.880. The zero-order valence-corrected chi connectivity index (χ0v) is 11.8. The van der Waals surface area contributed by atoms with Crippen molar-refractivity contribution >= 4 is 11.6 Å². The van der Waals surface area contributed by atoms with E-state index in [2.05, 4.69) is 9.97 Å². The van der Waals surface area contributed by atoms with E-state index in [0.717, 1.165) is 11.8 Å². The maximum Gasteiger partial charge on any atom is 0.162 e. The Labute approximate surface area is 124 Å². The maximum atomic E-state index is 13.8. The number of nitrogens with one attached hydrogen (secondary N) is 1. The first kappa shape index (κ1) is 14.4. The Balaban J connectivity index is 1.74. The van der Waals surface area contributed by atoms with Crippen LogP contribution in [-0.4, -0.2) is 28.0 Å². The Morgan fingerprint density at radius 2 is 2.14 bits per heavy atom. The first-order valence-corrected chi connectivity index (χ1v) is 6.97. The van der Waals surface area contributed by atoms with Gasteiger partial charge in [0.05, 0.1) is 12.0 Å². The van der Waals surface area contributed by atoms with Crippen LogP contribution in [0.2, 0.25) is 5.15 Å².